The van der Waals surface area contributed by atoms with E-state index in [1.807, 2.05) is 0 Å². The van der Waals surface area contributed by atoms with Crippen LogP contribution in [-0.2, 0) is 18.8 Å². The van der Waals surface area contributed by atoms with E-state index in [4.69, 9.17) is 18.8 Å². The van der Waals surface area contributed by atoms with Crippen LogP contribution in [0.2, 0.25) is 6.32 Å². The van der Waals surface area contributed by atoms with Crippen LogP contribution in [0.4, 0.5) is 0 Å². The molecule has 2 heterocycles. The van der Waals surface area contributed by atoms with Crippen molar-refractivity contribution in [1.29, 1.82) is 0 Å². The van der Waals surface area contributed by atoms with Gasteiger partial charge < -0.3 is 18.8 Å². The van der Waals surface area contributed by atoms with E-state index >= 15 is 0 Å². The van der Waals surface area contributed by atoms with Crippen LogP contribution in [0.1, 0.15) is 47.0 Å². The minimum absolute atomic E-state index is 0.0267. The molecule has 2 saturated heterocycles. The molecule has 0 amide bonds. The SMILES string of the molecule is CC1(C)OB(CCOC2CCCCO2)OC1(C)C. The van der Waals surface area contributed by atoms with Gasteiger partial charge in [0, 0.05) is 19.5 Å². The molecule has 5 heteroatoms. The monoisotopic (exact) mass is 256 g/mol. The molecule has 2 aliphatic heterocycles. The highest BCUT2D eigenvalue weighted by Gasteiger charge is 2.50. The maximum Gasteiger partial charge on any atom is 0.460 e. The first-order valence-electron chi connectivity index (χ1n) is 6.99. The predicted molar refractivity (Wildman–Crippen MR) is 70.4 cm³/mol. The third-order valence-electron chi connectivity index (χ3n) is 4.10. The summed E-state index contributed by atoms with van der Waals surface area (Å²) < 4.78 is 23.0. The zero-order chi connectivity index (χ0) is 13.2. The molecule has 104 valence electrons. The van der Waals surface area contributed by atoms with E-state index in [1.165, 1.54) is 6.42 Å². The minimum atomic E-state index is -0.251. The van der Waals surface area contributed by atoms with Gasteiger partial charge >= 0.3 is 7.12 Å². The maximum atomic E-state index is 5.91. The van der Waals surface area contributed by atoms with Gasteiger partial charge in [-0.05, 0) is 47.0 Å². The molecule has 2 aliphatic rings. The summed E-state index contributed by atoms with van der Waals surface area (Å²) in [6.07, 6.45) is 4.08. The van der Waals surface area contributed by atoms with Gasteiger partial charge in [0.1, 0.15) is 0 Å². The smallest absolute Gasteiger partial charge is 0.403 e. The van der Waals surface area contributed by atoms with Crippen molar-refractivity contribution in [3.63, 3.8) is 0 Å². The van der Waals surface area contributed by atoms with Gasteiger partial charge in [-0.25, -0.2) is 0 Å². The Hall–Kier alpha value is -0.0951. The molecule has 0 radical (unpaired) electrons. The second kappa shape index (κ2) is 5.49. The van der Waals surface area contributed by atoms with Gasteiger partial charge in [0.05, 0.1) is 11.2 Å². The van der Waals surface area contributed by atoms with Crippen molar-refractivity contribution in [2.24, 2.45) is 0 Å². The van der Waals surface area contributed by atoms with Crippen LogP contribution in [0.15, 0.2) is 0 Å². The summed E-state index contributed by atoms with van der Waals surface area (Å²) in [6.45, 7) is 9.72. The Labute approximate surface area is 110 Å². The fourth-order valence-corrected chi connectivity index (χ4v) is 2.22. The lowest BCUT2D eigenvalue weighted by Crippen LogP contribution is -2.41. The minimum Gasteiger partial charge on any atom is -0.403 e. The Morgan fingerprint density at radius 3 is 2.33 bits per heavy atom. The van der Waals surface area contributed by atoms with Crippen molar-refractivity contribution in [1.82, 2.24) is 0 Å². The molecule has 1 unspecified atom stereocenters. The highest BCUT2D eigenvalue weighted by Crippen LogP contribution is 2.37. The number of rotatable bonds is 4. The summed E-state index contributed by atoms with van der Waals surface area (Å²) in [5, 5.41) is 0. The molecule has 0 aromatic carbocycles. The van der Waals surface area contributed by atoms with Crippen LogP contribution in [0, 0.1) is 0 Å². The number of hydrogen-bond acceptors (Lipinski definition) is 4. The third kappa shape index (κ3) is 3.26. The summed E-state index contributed by atoms with van der Waals surface area (Å²) in [6, 6.07) is 0. The second-order valence-electron chi connectivity index (χ2n) is 6.14. The van der Waals surface area contributed by atoms with Crippen molar-refractivity contribution in [3.8, 4) is 0 Å². The van der Waals surface area contributed by atoms with E-state index in [-0.39, 0.29) is 24.6 Å². The van der Waals surface area contributed by atoms with Gasteiger partial charge in [0.2, 0.25) is 0 Å². The summed E-state index contributed by atoms with van der Waals surface area (Å²) >= 11 is 0. The Bertz CT molecular complexity index is 258. The van der Waals surface area contributed by atoms with Crippen molar-refractivity contribution in [2.45, 2.75) is 70.8 Å². The Balaban J connectivity index is 1.69. The molecule has 0 spiro atoms. The van der Waals surface area contributed by atoms with Crippen molar-refractivity contribution in [3.05, 3.63) is 0 Å². The molecule has 0 aromatic rings. The van der Waals surface area contributed by atoms with Crippen LogP contribution in [0.5, 0.6) is 0 Å². The van der Waals surface area contributed by atoms with Crippen LogP contribution in [0.3, 0.4) is 0 Å². The lowest BCUT2D eigenvalue weighted by molar-refractivity contribution is -0.159. The Morgan fingerprint density at radius 1 is 1.11 bits per heavy atom. The lowest BCUT2D eigenvalue weighted by Gasteiger charge is -2.32. The first-order chi connectivity index (χ1) is 8.41. The molecule has 1 atom stereocenters. The standard InChI is InChI=1S/C13H25BO4/c1-12(2)13(3,4)18-14(17-12)8-10-16-11-7-5-6-9-15-11/h11H,5-10H2,1-4H3. The van der Waals surface area contributed by atoms with Gasteiger partial charge in [0.25, 0.3) is 0 Å². The average Bonchev–Trinajstić information content (AvgIpc) is 2.49. The fourth-order valence-electron chi connectivity index (χ4n) is 2.22. The first kappa shape index (κ1) is 14.3. The second-order valence-corrected chi connectivity index (χ2v) is 6.14. The maximum absolute atomic E-state index is 5.91. The van der Waals surface area contributed by atoms with Crippen LogP contribution >= 0.6 is 0 Å². The highest BCUT2D eigenvalue weighted by molar-refractivity contribution is 6.45. The van der Waals surface area contributed by atoms with E-state index in [9.17, 15) is 0 Å². The van der Waals surface area contributed by atoms with Gasteiger partial charge in [-0.15, -0.1) is 0 Å². The zero-order valence-electron chi connectivity index (χ0n) is 12.0. The van der Waals surface area contributed by atoms with Crippen molar-refractivity contribution >= 4 is 7.12 Å². The molecule has 4 nitrogen and oxygen atoms in total. The van der Waals surface area contributed by atoms with Crippen LogP contribution in [0.25, 0.3) is 0 Å². The number of hydrogen-bond donors (Lipinski definition) is 0. The van der Waals surface area contributed by atoms with Crippen molar-refractivity contribution in [2.75, 3.05) is 13.2 Å². The fraction of sp³-hybridized carbons (Fsp3) is 1.00. The number of ether oxygens (including phenoxy) is 2. The summed E-state index contributed by atoms with van der Waals surface area (Å²) in [4.78, 5) is 0. The van der Waals surface area contributed by atoms with Crippen LogP contribution in [-0.4, -0.2) is 37.8 Å². The molecular weight excluding hydrogens is 231 g/mol. The van der Waals surface area contributed by atoms with Gasteiger partial charge in [-0.3, -0.25) is 0 Å². The topological polar surface area (TPSA) is 36.9 Å². The molecule has 2 rings (SSSR count). The molecule has 18 heavy (non-hydrogen) atoms. The normalized spacial score (nSPS) is 30.7. The van der Waals surface area contributed by atoms with E-state index in [0.717, 1.165) is 25.8 Å². The third-order valence-corrected chi connectivity index (χ3v) is 4.10. The average molecular weight is 256 g/mol. The van der Waals surface area contributed by atoms with E-state index in [1.54, 1.807) is 0 Å². The predicted octanol–water partition coefficient (Wildman–Crippen LogP) is 2.62. The Kier molecular flexibility index (Phi) is 4.37. The summed E-state index contributed by atoms with van der Waals surface area (Å²) in [5.41, 5.74) is -0.502. The summed E-state index contributed by atoms with van der Waals surface area (Å²) in [7, 11) is -0.168. The molecular formula is C13H25BO4. The summed E-state index contributed by atoms with van der Waals surface area (Å²) in [5.74, 6) is 0. The van der Waals surface area contributed by atoms with E-state index < -0.39 is 0 Å². The molecule has 0 N–H and O–H groups in total. The van der Waals surface area contributed by atoms with E-state index in [0.29, 0.717) is 6.61 Å². The molecule has 0 aliphatic carbocycles. The van der Waals surface area contributed by atoms with Gasteiger partial charge in [-0.2, -0.15) is 0 Å². The molecule has 0 bridgehead atoms. The largest absolute Gasteiger partial charge is 0.460 e. The molecule has 2 fully saturated rings. The molecule has 0 aromatic heterocycles. The lowest BCUT2D eigenvalue weighted by atomic mass is 9.86. The van der Waals surface area contributed by atoms with Gasteiger partial charge in [-0.1, -0.05) is 0 Å². The Morgan fingerprint density at radius 2 is 1.78 bits per heavy atom. The quantitative estimate of drug-likeness (QED) is 0.724. The van der Waals surface area contributed by atoms with Crippen molar-refractivity contribution < 1.29 is 18.8 Å². The highest BCUT2D eigenvalue weighted by atomic mass is 16.7. The van der Waals surface area contributed by atoms with Gasteiger partial charge in [0.15, 0.2) is 6.29 Å². The van der Waals surface area contributed by atoms with Crippen LogP contribution < -0.4 is 0 Å². The van der Waals surface area contributed by atoms with E-state index in [2.05, 4.69) is 27.7 Å². The molecule has 0 saturated carbocycles. The first-order valence-corrected chi connectivity index (χ1v) is 6.99. The zero-order valence-corrected chi connectivity index (χ0v) is 12.0.